The molecule has 18 heavy (non-hydrogen) atoms. The lowest BCUT2D eigenvalue weighted by atomic mass is 10.0. The molecule has 5 heteroatoms. The fraction of sp³-hybridized carbons (Fsp3) is 0.538. The summed E-state index contributed by atoms with van der Waals surface area (Å²) in [5, 5.41) is 4.07. The Kier molecular flexibility index (Phi) is 6.26. The van der Waals surface area contributed by atoms with E-state index in [1.54, 1.807) is 14.2 Å². The minimum absolute atomic E-state index is 0.203. The maximum absolute atomic E-state index is 6.06. The number of benzene rings is 1. The van der Waals surface area contributed by atoms with Gasteiger partial charge < -0.3 is 14.8 Å². The Balaban J connectivity index is 3.00. The molecule has 0 bridgehead atoms. The largest absolute Gasteiger partial charge is 0.493 e. The molecule has 1 rings (SSSR count). The number of nitrogens with one attached hydrogen (secondary N) is 1. The van der Waals surface area contributed by atoms with Gasteiger partial charge in [0.2, 0.25) is 0 Å². The van der Waals surface area contributed by atoms with Gasteiger partial charge in [0.25, 0.3) is 0 Å². The highest BCUT2D eigenvalue weighted by atomic mass is 79.9. The average molecular weight is 337 g/mol. The van der Waals surface area contributed by atoms with Crippen molar-refractivity contribution in [2.24, 2.45) is 5.92 Å². The molecule has 1 N–H and O–H groups in total. The third-order valence-electron chi connectivity index (χ3n) is 2.70. The Morgan fingerprint density at radius 2 is 2.00 bits per heavy atom. The molecule has 0 saturated heterocycles. The second kappa shape index (κ2) is 7.22. The molecular weight excluding hydrogens is 318 g/mol. The van der Waals surface area contributed by atoms with Gasteiger partial charge in [-0.05, 0) is 34.0 Å². The van der Waals surface area contributed by atoms with Gasteiger partial charge in [-0.15, -0.1) is 0 Å². The molecule has 0 amide bonds. The third kappa shape index (κ3) is 4.04. The van der Waals surface area contributed by atoms with Crippen molar-refractivity contribution in [3.05, 3.63) is 21.6 Å². The van der Waals surface area contributed by atoms with Gasteiger partial charge in [-0.25, -0.2) is 0 Å². The van der Waals surface area contributed by atoms with Gasteiger partial charge in [0.1, 0.15) is 0 Å². The first kappa shape index (κ1) is 15.6. The summed E-state index contributed by atoms with van der Waals surface area (Å²) in [6.07, 6.45) is 0. The predicted molar refractivity (Wildman–Crippen MR) is 79.8 cm³/mol. The number of methoxy groups -OCH3 is 2. The van der Waals surface area contributed by atoms with Gasteiger partial charge in [0.15, 0.2) is 5.75 Å². The minimum Gasteiger partial charge on any atom is -0.493 e. The molecule has 102 valence electrons. The van der Waals surface area contributed by atoms with Crippen molar-refractivity contribution in [3.63, 3.8) is 0 Å². The van der Waals surface area contributed by atoms with Crippen LogP contribution in [0.5, 0.6) is 5.75 Å². The Morgan fingerprint density at radius 1 is 1.33 bits per heavy atom. The lowest BCUT2D eigenvalue weighted by molar-refractivity contribution is 0.171. The highest BCUT2D eigenvalue weighted by Gasteiger charge is 2.17. The quantitative estimate of drug-likeness (QED) is 0.845. The van der Waals surface area contributed by atoms with Crippen molar-refractivity contribution in [2.45, 2.75) is 19.9 Å². The maximum atomic E-state index is 6.06. The van der Waals surface area contributed by atoms with Gasteiger partial charge in [0, 0.05) is 12.1 Å². The fourth-order valence-corrected chi connectivity index (χ4v) is 2.63. The summed E-state index contributed by atoms with van der Waals surface area (Å²) in [7, 11) is 3.34. The molecule has 0 heterocycles. The van der Waals surface area contributed by atoms with Crippen LogP contribution in [0.15, 0.2) is 16.6 Å². The first-order valence-corrected chi connectivity index (χ1v) is 6.95. The van der Waals surface area contributed by atoms with E-state index >= 15 is 0 Å². The van der Waals surface area contributed by atoms with Crippen molar-refractivity contribution in [1.29, 1.82) is 0 Å². The summed E-state index contributed by atoms with van der Waals surface area (Å²) in [4.78, 5) is 0. The topological polar surface area (TPSA) is 30.5 Å². The van der Waals surface area contributed by atoms with Gasteiger partial charge >= 0.3 is 0 Å². The van der Waals surface area contributed by atoms with Crippen LogP contribution >= 0.6 is 27.5 Å². The first-order valence-electron chi connectivity index (χ1n) is 5.78. The van der Waals surface area contributed by atoms with Gasteiger partial charge in [-0.1, -0.05) is 25.4 Å². The van der Waals surface area contributed by atoms with Crippen LogP contribution < -0.4 is 10.1 Å². The Hall–Kier alpha value is -0.450. The molecule has 1 unspecified atom stereocenters. The monoisotopic (exact) mass is 335 g/mol. The average Bonchev–Trinajstić information content (AvgIpc) is 2.27. The fourth-order valence-electron chi connectivity index (χ4n) is 1.66. The number of rotatable bonds is 6. The first-order chi connectivity index (χ1) is 8.49. The van der Waals surface area contributed by atoms with Crippen molar-refractivity contribution >= 4 is 33.2 Å². The van der Waals surface area contributed by atoms with E-state index in [1.807, 2.05) is 12.1 Å². The van der Waals surface area contributed by atoms with E-state index in [0.29, 0.717) is 17.5 Å². The lowest BCUT2D eigenvalue weighted by Gasteiger charge is -2.24. The highest BCUT2D eigenvalue weighted by Crippen LogP contribution is 2.37. The van der Waals surface area contributed by atoms with E-state index in [0.717, 1.165) is 15.9 Å². The van der Waals surface area contributed by atoms with Crippen LogP contribution in [0.2, 0.25) is 5.02 Å². The van der Waals surface area contributed by atoms with Gasteiger partial charge in [0.05, 0.1) is 29.9 Å². The number of anilines is 1. The second-order valence-corrected chi connectivity index (χ2v) is 5.71. The van der Waals surface area contributed by atoms with Crippen LogP contribution in [-0.2, 0) is 4.74 Å². The molecule has 1 atom stereocenters. The molecule has 0 aliphatic heterocycles. The zero-order chi connectivity index (χ0) is 13.7. The van der Waals surface area contributed by atoms with Crippen LogP contribution in [0.4, 0.5) is 5.69 Å². The zero-order valence-electron chi connectivity index (χ0n) is 11.1. The zero-order valence-corrected chi connectivity index (χ0v) is 13.4. The van der Waals surface area contributed by atoms with Crippen LogP contribution in [0, 0.1) is 5.92 Å². The maximum Gasteiger partial charge on any atom is 0.156 e. The summed E-state index contributed by atoms with van der Waals surface area (Å²) < 4.78 is 11.4. The smallest absolute Gasteiger partial charge is 0.156 e. The molecule has 0 radical (unpaired) electrons. The van der Waals surface area contributed by atoms with E-state index in [1.165, 1.54) is 0 Å². The van der Waals surface area contributed by atoms with Crippen LogP contribution in [0.1, 0.15) is 13.8 Å². The molecule has 1 aromatic carbocycles. The van der Waals surface area contributed by atoms with E-state index < -0.39 is 0 Å². The number of hydrogen-bond donors (Lipinski definition) is 1. The lowest BCUT2D eigenvalue weighted by Crippen LogP contribution is -2.30. The van der Waals surface area contributed by atoms with E-state index in [9.17, 15) is 0 Å². The molecule has 0 aromatic heterocycles. The number of hydrogen-bond acceptors (Lipinski definition) is 3. The summed E-state index contributed by atoms with van der Waals surface area (Å²) >= 11 is 9.51. The molecule has 0 aliphatic carbocycles. The highest BCUT2D eigenvalue weighted by molar-refractivity contribution is 9.10. The molecule has 1 aromatic rings. The van der Waals surface area contributed by atoms with Crippen LogP contribution in [0.25, 0.3) is 0 Å². The second-order valence-electron chi connectivity index (χ2n) is 4.42. The SMILES string of the molecule is COCC(Nc1cc(Cl)cc(Br)c1OC)C(C)C. The molecule has 3 nitrogen and oxygen atoms in total. The van der Waals surface area contributed by atoms with Crippen LogP contribution in [0.3, 0.4) is 0 Å². The summed E-state index contributed by atoms with van der Waals surface area (Å²) in [6.45, 7) is 4.91. The van der Waals surface area contributed by atoms with Crippen molar-refractivity contribution in [1.82, 2.24) is 0 Å². The Bertz CT molecular complexity index is 399. The van der Waals surface area contributed by atoms with Crippen molar-refractivity contribution in [3.8, 4) is 5.75 Å². The Morgan fingerprint density at radius 3 is 2.50 bits per heavy atom. The molecular formula is C13H19BrClNO2. The van der Waals surface area contributed by atoms with Crippen molar-refractivity contribution in [2.75, 3.05) is 26.1 Å². The normalized spacial score (nSPS) is 12.6. The standard InChI is InChI=1S/C13H19BrClNO2/c1-8(2)12(7-17-3)16-11-6-9(15)5-10(14)13(11)18-4/h5-6,8,12,16H,7H2,1-4H3. The summed E-state index contributed by atoms with van der Waals surface area (Å²) in [5.74, 6) is 1.19. The summed E-state index contributed by atoms with van der Waals surface area (Å²) in [6, 6.07) is 3.87. The minimum atomic E-state index is 0.203. The Labute approximate surface area is 122 Å². The molecule has 0 aliphatic rings. The molecule has 0 saturated carbocycles. The third-order valence-corrected chi connectivity index (χ3v) is 3.51. The summed E-state index contributed by atoms with van der Waals surface area (Å²) in [5.41, 5.74) is 0.868. The number of halogens is 2. The van der Waals surface area contributed by atoms with Gasteiger partial charge in [-0.3, -0.25) is 0 Å². The predicted octanol–water partition coefficient (Wildman–Crippen LogP) is 4.19. The molecule has 0 fully saturated rings. The van der Waals surface area contributed by atoms with Gasteiger partial charge in [-0.2, -0.15) is 0 Å². The van der Waals surface area contributed by atoms with Crippen molar-refractivity contribution < 1.29 is 9.47 Å². The number of ether oxygens (including phenoxy) is 2. The van der Waals surface area contributed by atoms with Crippen LogP contribution in [-0.4, -0.2) is 26.9 Å². The molecule has 0 spiro atoms. The van der Waals surface area contributed by atoms with E-state index in [4.69, 9.17) is 21.1 Å². The van der Waals surface area contributed by atoms with E-state index in [2.05, 4.69) is 35.1 Å². The van der Waals surface area contributed by atoms with E-state index in [-0.39, 0.29) is 6.04 Å².